The largest absolute Gasteiger partial charge is 0.491 e. The molecular weight excluding hydrogens is 290 g/mol. The zero-order chi connectivity index (χ0) is 16.5. The SMILES string of the molecule is COCCOc1ccc(NCc2ccc(OC(C)C)cc2)cc1. The van der Waals surface area contributed by atoms with E-state index in [0.29, 0.717) is 13.2 Å². The van der Waals surface area contributed by atoms with Gasteiger partial charge in [-0.2, -0.15) is 0 Å². The first kappa shape index (κ1) is 17.2. The molecule has 0 aliphatic rings. The highest BCUT2D eigenvalue weighted by atomic mass is 16.5. The van der Waals surface area contributed by atoms with Crippen molar-refractivity contribution in [2.45, 2.75) is 26.5 Å². The maximum absolute atomic E-state index is 5.64. The highest BCUT2D eigenvalue weighted by Crippen LogP contribution is 2.18. The number of hydrogen-bond acceptors (Lipinski definition) is 4. The summed E-state index contributed by atoms with van der Waals surface area (Å²) in [5, 5.41) is 3.39. The van der Waals surface area contributed by atoms with Gasteiger partial charge in [-0.05, 0) is 55.8 Å². The standard InChI is InChI=1S/C19H25NO3/c1-15(2)23-19-8-4-16(5-9-19)14-20-17-6-10-18(11-7-17)22-13-12-21-3/h4-11,15,20H,12-14H2,1-3H3. The van der Waals surface area contributed by atoms with Gasteiger partial charge in [0.15, 0.2) is 0 Å². The molecule has 2 rings (SSSR count). The maximum Gasteiger partial charge on any atom is 0.119 e. The van der Waals surface area contributed by atoms with E-state index in [1.165, 1.54) is 5.56 Å². The number of ether oxygens (including phenoxy) is 3. The predicted molar refractivity (Wildman–Crippen MR) is 93.3 cm³/mol. The van der Waals surface area contributed by atoms with Gasteiger partial charge in [0.05, 0.1) is 12.7 Å². The van der Waals surface area contributed by atoms with Gasteiger partial charge >= 0.3 is 0 Å². The van der Waals surface area contributed by atoms with Crippen molar-refractivity contribution in [3.63, 3.8) is 0 Å². The van der Waals surface area contributed by atoms with E-state index < -0.39 is 0 Å². The molecule has 0 spiro atoms. The van der Waals surface area contributed by atoms with Crippen LogP contribution in [0, 0.1) is 0 Å². The van der Waals surface area contributed by atoms with Crippen molar-refractivity contribution < 1.29 is 14.2 Å². The zero-order valence-corrected chi connectivity index (χ0v) is 14.0. The number of hydrogen-bond donors (Lipinski definition) is 1. The summed E-state index contributed by atoms with van der Waals surface area (Å²) in [6.07, 6.45) is 0.198. The van der Waals surface area contributed by atoms with Gasteiger partial charge in [-0.1, -0.05) is 12.1 Å². The first-order valence-corrected chi connectivity index (χ1v) is 7.88. The lowest BCUT2D eigenvalue weighted by atomic mass is 10.2. The van der Waals surface area contributed by atoms with Crippen LogP contribution in [0.5, 0.6) is 11.5 Å². The van der Waals surface area contributed by atoms with Gasteiger partial charge in [-0.15, -0.1) is 0 Å². The van der Waals surface area contributed by atoms with Crippen LogP contribution < -0.4 is 14.8 Å². The van der Waals surface area contributed by atoms with Crippen molar-refractivity contribution in [1.82, 2.24) is 0 Å². The normalized spacial score (nSPS) is 10.6. The van der Waals surface area contributed by atoms with Crippen molar-refractivity contribution >= 4 is 5.69 Å². The molecule has 2 aromatic rings. The number of rotatable bonds is 9. The quantitative estimate of drug-likeness (QED) is 0.707. The Kier molecular flexibility index (Phi) is 6.76. The third kappa shape index (κ3) is 6.20. The van der Waals surface area contributed by atoms with Crippen molar-refractivity contribution in [2.24, 2.45) is 0 Å². The summed E-state index contributed by atoms with van der Waals surface area (Å²) < 4.78 is 16.1. The lowest BCUT2D eigenvalue weighted by Crippen LogP contribution is -2.06. The minimum Gasteiger partial charge on any atom is -0.491 e. The Labute approximate surface area is 138 Å². The molecule has 0 unspecified atom stereocenters. The van der Waals surface area contributed by atoms with Crippen LogP contribution in [0.4, 0.5) is 5.69 Å². The molecule has 0 aliphatic carbocycles. The van der Waals surface area contributed by atoms with Gasteiger partial charge in [0.25, 0.3) is 0 Å². The fourth-order valence-electron chi connectivity index (χ4n) is 2.07. The molecule has 0 aromatic heterocycles. The van der Waals surface area contributed by atoms with E-state index in [1.54, 1.807) is 7.11 Å². The molecule has 0 fully saturated rings. The molecule has 1 N–H and O–H groups in total. The Balaban J connectivity index is 1.81. The highest BCUT2D eigenvalue weighted by Gasteiger charge is 1.99. The second-order valence-corrected chi connectivity index (χ2v) is 5.53. The van der Waals surface area contributed by atoms with Gasteiger partial charge in [-0.3, -0.25) is 0 Å². The molecular formula is C19H25NO3. The topological polar surface area (TPSA) is 39.7 Å². The van der Waals surface area contributed by atoms with Crippen LogP contribution >= 0.6 is 0 Å². The van der Waals surface area contributed by atoms with Crippen molar-refractivity contribution in [1.29, 1.82) is 0 Å². The van der Waals surface area contributed by atoms with Crippen LogP contribution in [0.1, 0.15) is 19.4 Å². The second kappa shape index (κ2) is 9.06. The molecule has 0 radical (unpaired) electrons. The van der Waals surface area contributed by atoms with Crippen molar-refractivity contribution in [3.05, 3.63) is 54.1 Å². The summed E-state index contributed by atoms with van der Waals surface area (Å²) >= 11 is 0. The number of nitrogens with one attached hydrogen (secondary N) is 1. The zero-order valence-electron chi connectivity index (χ0n) is 14.0. The van der Waals surface area contributed by atoms with E-state index in [2.05, 4.69) is 17.4 Å². The van der Waals surface area contributed by atoms with E-state index in [4.69, 9.17) is 14.2 Å². The van der Waals surface area contributed by atoms with Gasteiger partial charge in [-0.25, -0.2) is 0 Å². The summed E-state index contributed by atoms with van der Waals surface area (Å²) in [5.41, 5.74) is 2.27. The molecule has 2 aromatic carbocycles. The fourth-order valence-corrected chi connectivity index (χ4v) is 2.07. The van der Waals surface area contributed by atoms with E-state index in [9.17, 15) is 0 Å². The number of benzene rings is 2. The Hall–Kier alpha value is -2.20. The van der Waals surface area contributed by atoms with Crippen molar-refractivity contribution in [2.75, 3.05) is 25.6 Å². The van der Waals surface area contributed by atoms with Gasteiger partial charge < -0.3 is 19.5 Å². The minimum atomic E-state index is 0.198. The molecule has 0 atom stereocenters. The maximum atomic E-state index is 5.64. The summed E-state index contributed by atoms with van der Waals surface area (Å²) in [6, 6.07) is 16.1. The van der Waals surface area contributed by atoms with Crippen LogP contribution in [-0.4, -0.2) is 26.4 Å². The monoisotopic (exact) mass is 315 g/mol. The highest BCUT2D eigenvalue weighted by molar-refractivity contribution is 5.47. The van der Waals surface area contributed by atoms with Crippen molar-refractivity contribution in [3.8, 4) is 11.5 Å². The van der Waals surface area contributed by atoms with Gasteiger partial charge in [0.1, 0.15) is 18.1 Å². The summed E-state index contributed by atoms with van der Waals surface area (Å²) in [5.74, 6) is 1.75. The molecule has 4 nitrogen and oxygen atoms in total. The van der Waals surface area contributed by atoms with E-state index >= 15 is 0 Å². The molecule has 124 valence electrons. The number of anilines is 1. The Morgan fingerprint density at radius 2 is 1.52 bits per heavy atom. The van der Waals surface area contributed by atoms with Crippen LogP contribution in [0.25, 0.3) is 0 Å². The van der Waals surface area contributed by atoms with E-state index in [1.807, 2.05) is 50.2 Å². The lowest BCUT2D eigenvalue weighted by Gasteiger charge is -2.11. The Morgan fingerprint density at radius 1 is 0.870 bits per heavy atom. The third-order valence-corrected chi connectivity index (χ3v) is 3.20. The molecule has 0 heterocycles. The Bertz CT molecular complexity index is 564. The van der Waals surface area contributed by atoms with E-state index in [0.717, 1.165) is 23.7 Å². The average Bonchev–Trinajstić information content (AvgIpc) is 2.55. The van der Waals surface area contributed by atoms with Gasteiger partial charge in [0, 0.05) is 19.3 Å². The minimum absolute atomic E-state index is 0.198. The summed E-state index contributed by atoms with van der Waals surface area (Å²) in [7, 11) is 1.66. The summed E-state index contributed by atoms with van der Waals surface area (Å²) in [6.45, 7) is 5.98. The van der Waals surface area contributed by atoms with E-state index in [-0.39, 0.29) is 6.10 Å². The molecule has 4 heteroatoms. The van der Waals surface area contributed by atoms with Crippen LogP contribution in [-0.2, 0) is 11.3 Å². The molecule has 0 aliphatic heterocycles. The van der Waals surface area contributed by atoms with Crippen LogP contribution in [0.3, 0.4) is 0 Å². The molecule has 0 saturated heterocycles. The lowest BCUT2D eigenvalue weighted by molar-refractivity contribution is 0.146. The molecule has 0 bridgehead atoms. The van der Waals surface area contributed by atoms with Crippen LogP contribution in [0.2, 0.25) is 0 Å². The first-order chi connectivity index (χ1) is 11.2. The smallest absolute Gasteiger partial charge is 0.119 e. The fraction of sp³-hybridized carbons (Fsp3) is 0.368. The first-order valence-electron chi connectivity index (χ1n) is 7.88. The Morgan fingerprint density at radius 3 is 2.13 bits per heavy atom. The van der Waals surface area contributed by atoms with Crippen LogP contribution in [0.15, 0.2) is 48.5 Å². The third-order valence-electron chi connectivity index (χ3n) is 3.20. The second-order valence-electron chi connectivity index (χ2n) is 5.53. The average molecular weight is 315 g/mol. The molecule has 23 heavy (non-hydrogen) atoms. The summed E-state index contributed by atoms with van der Waals surface area (Å²) in [4.78, 5) is 0. The van der Waals surface area contributed by atoms with Gasteiger partial charge in [0.2, 0.25) is 0 Å². The number of methoxy groups -OCH3 is 1. The molecule has 0 saturated carbocycles. The molecule has 0 amide bonds. The predicted octanol–water partition coefficient (Wildman–Crippen LogP) is 4.11.